The van der Waals surface area contributed by atoms with Gasteiger partial charge in [-0.2, -0.15) is 0 Å². The first-order chi connectivity index (χ1) is 26.0. The van der Waals surface area contributed by atoms with Crippen molar-refractivity contribution in [2.45, 2.75) is 107 Å². The van der Waals surface area contributed by atoms with E-state index in [-0.39, 0.29) is 9.52 Å². The van der Waals surface area contributed by atoms with E-state index in [0.29, 0.717) is 5.54 Å². The summed E-state index contributed by atoms with van der Waals surface area (Å²) >= 11 is 0. The Morgan fingerprint density at radius 1 is 0.407 bits per heavy atom. The van der Waals surface area contributed by atoms with Crippen molar-refractivity contribution in [3.63, 3.8) is 0 Å². The first-order valence-electron chi connectivity index (χ1n) is 20.3. The molecule has 0 fully saturated rings. The summed E-state index contributed by atoms with van der Waals surface area (Å²) in [5.41, 5.74) is 8.89. The highest BCUT2D eigenvalue weighted by Gasteiger charge is 2.34. The third-order valence-corrected chi connectivity index (χ3v) is 17.2. The zero-order chi connectivity index (χ0) is 39.8. The fourth-order valence-electron chi connectivity index (χ4n) is 5.70. The molecule has 0 aliphatic heterocycles. The highest BCUT2D eigenvalue weighted by atomic mass is 28.3. The van der Waals surface area contributed by atoms with Crippen LogP contribution >= 0.6 is 0 Å². The molecule has 286 valence electrons. The first kappa shape index (κ1) is 45.9. The van der Waals surface area contributed by atoms with E-state index in [4.69, 9.17) is 0 Å². The average Bonchev–Trinajstić information content (AvgIpc) is 3.21. The molecule has 6 aromatic carbocycles. The Balaban J connectivity index is 0.000000250. The van der Waals surface area contributed by atoms with Gasteiger partial charge in [-0.1, -0.05) is 262 Å². The Labute approximate surface area is 335 Å². The number of benzene rings is 6. The Morgan fingerprint density at radius 3 is 1.07 bits per heavy atom. The lowest BCUT2D eigenvalue weighted by Crippen LogP contribution is -2.57. The van der Waals surface area contributed by atoms with E-state index in [1.54, 1.807) is 0 Å². The Kier molecular flexibility index (Phi) is 21.9. The SMILES string of the molecule is CCCC.CCc1ccc(C)cc1.CCc1ccc(C)cc1.Cc1ccc([SiH2]c2ccccc2)cc1.Cc1ccc([Si](C)(c2ccccc2)C(C)C)cc1. The van der Waals surface area contributed by atoms with Gasteiger partial charge in [0.2, 0.25) is 0 Å². The molecule has 0 radical (unpaired) electrons. The molecule has 0 aromatic heterocycles. The molecule has 0 N–H and O–H groups in total. The van der Waals surface area contributed by atoms with Gasteiger partial charge in [-0.3, -0.25) is 0 Å². The molecule has 0 nitrogen and oxygen atoms in total. The Hall–Kier alpha value is -4.25. The molecule has 6 aromatic rings. The summed E-state index contributed by atoms with van der Waals surface area (Å²) in [5, 5.41) is 6.09. The fraction of sp³-hybridized carbons (Fsp3) is 0.308. The van der Waals surface area contributed by atoms with Gasteiger partial charge in [0, 0.05) is 0 Å². The van der Waals surface area contributed by atoms with Crippen LogP contribution < -0.4 is 20.7 Å². The molecular weight excluding hydrogens is 681 g/mol. The van der Waals surface area contributed by atoms with E-state index in [1.807, 2.05) is 0 Å². The van der Waals surface area contributed by atoms with Crippen LogP contribution in [0, 0.1) is 27.7 Å². The van der Waals surface area contributed by atoms with Crippen LogP contribution in [0.15, 0.2) is 158 Å². The van der Waals surface area contributed by atoms with Gasteiger partial charge in [-0.15, -0.1) is 0 Å². The maximum Gasteiger partial charge on any atom is 0.117 e. The van der Waals surface area contributed by atoms with Gasteiger partial charge in [0.1, 0.15) is 8.07 Å². The predicted octanol–water partition coefficient (Wildman–Crippen LogP) is 11.6. The number of hydrogen-bond donors (Lipinski definition) is 0. The van der Waals surface area contributed by atoms with Crippen LogP contribution in [0.3, 0.4) is 0 Å². The van der Waals surface area contributed by atoms with Crippen molar-refractivity contribution >= 4 is 38.3 Å². The van der Waals surface area contributed by atoms with Gasteiger partial charge < -0.3 is 0 Å². The second kappa shape index (κ2) is 25.7. The lowest BCUT2D eigenvalue weighted by molar-refractivity contribution is 0.886. The largest absolute Gasteiger partial charge is 0.117 e. The van der Waals surface area contributed by atoms with Crippen molar-refractivity contribution < 1.29 is 0 Å². The van der Waals surface area contributed by atoms with Gasteiger partial charge in [-0.25, -0.2) is 0 Å². The molecule has 1 atom stereocenters. The zero-order valence-corrected chi connectivity index (χ0v) is 38.0. The van der Waals surface area contributed by atoms with E-state index in [0.717, 1.165) is 12.8 Å². The lowest BCUT2D eigenvalue weighted by Gasteiger charge is -2.33. The Morgan fingerprint density at radius 2 is 0.722 bits per heavy atom. The molecule has 0 amide bonds. The van der Waals surface area contributed by atoms with Crippen molar-refractivity contribution in [1.82, 2.24) is 0 Å². The standard InChI is InChI=1S/C17H22Si.C13H14Si.2C9H12.C4H10/c1-14(2)18(4,16-8-6-5-7-9-16)17-12-10-15(3)11-13-17;1-11-7-9-13(10-8-11)14-12-5-3-2-4-6-12;2*1-3-9-6-4-8(2)5-7-9;1-3-4-2/h5-14H,1-4H3;2-10H,14H2,1H3;2*4-7H,3H2,1-2H3;3-4H2,1-2H3. The number of hydrogen-bond acceptors (Lipinski definition) is 0. The third-order valence-electron chi connectivity index (χ3n) is 10.1. The van der Waals surface area contributed by atoms with Crippen LogP contribution in [-0.2, 0) is 12.8 Å². The third kappa shape index (κ3) is 16.8. The summed E-state index contributed by atoms with van der Waals surface area (Å²) in [4.78, 5) is 0. The second-order valence-corrected chi connectivity index (χ2v) is 21.6. The summed E-state index contributed by atoms with van der Waals surface area (Å²) in [5.74, 6) is 0. The van der Waals surface area contributed by atoms with Crippen molar-refractivity contribution in [3.05, 3.63) is 191 Å². The smallest absolute Gasteiger partial charge is 0.0654 e. The molecule has 0 aliphatic carbocycles. The van der Waals surface area contributed by atoms with Crippen LogP contribution in [0.5, 0.6) is 0 Å². The Bertz CT molecular complexity index is 1740. The lowest BCUT2D eigenvalue weighted by atomic mass is 10.1. The van der Waals surface area contributed by atoms with Crippen LogP contribution in [0.1, 0.15) is 87.8 Å². The molecule has 0 heterocycles. The summed E-state index contributed by atoms with van der Waals surface area (Å²) < 4.78 is 0. The van der Waals surface area contributed by atoms with E-state index in [9.17, 15) is 0 Å². The molecule has 0 spiro atoms. The quantitative estimate of drug-likeness (QED) is 0.136. The minimum Gasteiger partial charge on any atom is -0.0654 e. The van der Waals surface area contributed by atoms with Crippen molar-refractivity contribution in [1.29, 1.82) is 0 Å². The van der Waals surface area contributed by atoms with Crippen LogP contribution in [-0.4, -0.2) is 17.6 Å². The van der Waals surface area contributed by atoms with Crippen LogP contribution in [0.4, 0.5) is 0 Å². The molecular formula is C52H70Si2. The summed E-state index contributed by atoms with van der Waals surface area (Å²) in [6, 6.07) is 57.2. The van der Waals surface area contributed by atoms with Crippen LogP contribution in [0.25, 0.3) is 0 Å². The molecule has 0 saturated carbocycles. The maximum atomic E-state index is 2.48. The normalized spacial score (nSPS) is 11.4. The summed E-state index contributed by atoms with van der Waals surface area (Å²) in [6.07, 6.45) is 4.92. The highest BCUT2D eigenvalue weighted by molar-refractivity contribution is 7.02. The fourth-order valence-corrected chi connectivity index (χ4v) is 10.6. The molecule has 2 heteroatoms. The average molecular weight is 751 g/mol. The summed E-state index contributed by atoms with van der Waals surface area (Å²) in [7, 11) is -1.85. The number of unbranched alkanes of at least 4 members (excludes halogenated alkanes) is 1. The highest BCUT2D eigenvalue weighted by Crippen LogP contribution is 2.21. The molecule has 54 heavy (non-hydrogen) atoms. The van der Waals surface area contributed by atoms with Crippen molar-refractivity contribution in [3.8, 4) is 0 Å². The minimum absolute atomic E-state index is 0.250. The number of aryl methyl sites for hydroxylation is 6. The minimum atomic E-state index is -1.60. The van der Waals surface area contributed by atoms with E-state index in [1.165, 1.54) is 67.0 Å². The molecule has 0 bridgehead atoms. The first-order valence-corrected chi connectivity index (χ1v) is 24.3. The van der Waals surface area contributed by atoms with Gasteiger partial charge in [0.15, 0.2) is 0 Å². The van der Waals surface area contributed by atoms with Gasteiger partial charge in [-0.05, 0) is 57.2 Å². The summed E-state index contributed by atoms with van der Waals surface area (Å²) in [6.45, 7) is 24.4. The van der Waals surface area contributed by atoms with Gasteiger partial charge in [0.25, 0.3) is 0 Å². The second-order valence-electron chi connectivity index (χ2n) is 14.9. The van der Waals surface area contributed by atoms with E-state index < -0.39 is 8.07 Å². The molecule has 0 aliphatic rings. The molecule has 6 rings (SSSR count). The monoisotopic (exact) mass is 751 g/mol. The molecule has 0 saturated heterocycles. The van der Waals surface area contributed by atoms with Gasteiger partial charge in [0.05, 0.1) is 9.52 Å². The van der Waals surface area contributed by atoms with Gasteiger partial charge >= 0.3 is 0 Å². The topological polar surface area (TPSA) is 0 Å². The predicted molar refractivity (Wildman–Crippen MR) is 251 cm³/mol. The molecule has 1 unspecified atom stereocenters. The maximum absolute atomic E-state index is 2.48. The van der Waals surface area contributed by atoms with Crippen molar-refractivity contribution in [2.75, 3.05) is 0 Å². The van der Waals surface area contributed by atoms with Crippen LogP contribution in [0.2, 0.25) is 12.1 Å². The zero-order valence-electron chi connectivity index (χ0n) is 35.6. The van der Waals surface area contributed by atoms with Crippen molar-refractivity contribution in [2.24, 2.45) is 0 Å². The number of rotatable bonds is 8. The van der Waals surface area contributed by atoms with E-state index in [2.05, 4.69) is 234 Å². The van der Waals surface area contributed by atoms with E-state index >= 15 is 0 Å².